The Kier molecular flexibility index (Phi) is 5.04. The van der Waals surface area contributed by atoms with E-state index in [-0.39, 0.29) is 24.2 Å². The van der Waals surface area contributed by atoms with Crippen LogP contribution in [0.15, 0.2) is 12.7 Å². The molecule has 1 atom stereocenters. The molecular formula is C10H16O3. The number of rotatable bonds is 5. The molecule has 13 heavy (non-hydrogen) atoms. The maximum absolute atomic E-state index is 11.3. The first kappa shape index (κ1) is 11.9. The molecule has 0 rings (SSSR count). The van der Waals surface area contributed by atoms with E-state index in [9.17, 15) is 9.59 Å². The van der Waals surface area contributed by atoms with Crippen molar-refractivity contribution in [3.63, 3.8) is 0 Å². The molecule has 0 spiro atoms. The minimum absolute atomic E-state index is 0.0507. The first-order valence-corrected chi connectivity index (χ1v) is 4.31. The number of Topliss-reactive ketones (excluding diaryl/α,β-unsaturated/α-hetero) is 1. The van der Waals surface area contributed by atoms with Gasteiger partial charge in [-0.1, -0.05) is 27.4 Å². The van der Waals surface area contributed by atoms with Gasteiger partial charge in [-0.15, -0.1) is 0 Å². The van der Waals surface area contributed by atoms with Crippen LogP contribution in [0.2, 0.25) is 0 Å². The largest absolute Gasteiger partial charge is 0.455 e. The third-order valence-corrected chi connectivity index (χ3v) is 2.03. The average molecular weight is 184 g/mol. The predicted octanol–water partition coefficient (Wildman–Crippen LogP) is 1.58. The van der Waals surface area contributed by atoms with Crippen LogP contribution in [0, 0.1) is 11.8 Å². The lowest BCUT2D eigenvalue weighted by atomic mass is 9.94. The Hall–Kier alpha value is -1.12. The Labute approximate surface area is 78.8 Å². The highest BCUT2D eigenvalue weighted by Crippen LogP contribution is 2.10. The fourth-order valence-electron chi connectivity index (χ4n) is 0.704. The Morgan fingerprint density at radius 2 is 1.92 bits per heavy atom. The van der Waals surface area contributed by atoms with Gasteiger partial charge in [0.25, 0.3) is 0 Å². The predicted molar refractivity (Wildman–Crippen MR) is 50.2 cm³/mol. The van der Waals surface area contributed by atoms with Gasteiger partial charge in [0, 0.05) is 12.0 Å². The fraction of sp³-hybridized carbons (Fsp3) is 0.600. The summed E-state index contributed by atoms with van der Waals surface area (Å²) in [6.45, 7) is 8.82. The average Bonchev–Trinajstić information content (AvgIpc) is 2.11. The quantitative estimate of drug-likeness (QED) is 0.481. The monoisotopic (exact) mass is 184 g/mol. The van der Waals surface area contributed by atoms with Crippen LogP contribution in [-0.4, -0.2) is 18.4 Å². The molecule has 0 aromatic heterocycles. The molecule has 3 nitrogen and oxygen atoms in total. The molecule has 0 saturated carbocycles. The maximum Gasteiger partial charge on any atom is 0.330 e. The van der Waals surface area contributed by atoms with E-state index in [0.29, 0.717) is 0 Å². The molecule has 0 saturated heterocycles. The van der Waals surface area contributed by atoms with Gasteiger partial charge in [0.05, 0.1) is 0 Å². The molecule has 0 heterocycles. The van der Waals surface area contributed by atoms with E-state index in [1.807, 2.05) is 20.8 Å². The van der Waals surface area contributed by atoms with Crippen molar-refractivity contribution in [3.05, 3.63) is 12.7 Å². The summed E-state index contributed by atoms with van der Waals surface area (Å²) in [7, 11) is 0. The van der Waals surface area contributed by atoms with Crippen LogP contribution >= 0.6 is 0 Å². The van der Waals surface area contributed by atoms with Crippen LogP contribution in [0.1, 0.15) is 20.8 Å². The minimum Gasteiger partial charge on any atom is -0.455 e. The van der Waals surface area contributed by atoms with Crippen LogP contribution < -0.4 is 0 Å². The zero-order chi connectivity index (χ0) is 10.4. The van der Waals surface area contributed by atoms with Gasteiger partial charge in [-0.05, 0) is 5.92 Å². The number of esters is 1. The van der Waals surface area contributed by atoms with Crippen molar-refractivity contribution in [1.29, 1.82) is 0 Å². The van der Waals surface area contributed by atoms with Crippen molar-refractivity contribution in [3.8, 4) is 0 Å². The lowest BCUT2D eigenvalue weighted by Crippen LogP contribution is -2.22. The highest BCUT2D eigenvalue weighted by atomic mass is 16.5. The summed E-state index contributed by atoms with van der Waals surface area (Å²) >= 11 is 0. The van der Waals surface area contributed by atoms with Crippen molar-refractivity contribution in [2.45, 2.75) is 20.8 Å². The number of hydrogen-bond acceptors (Lipinski definition) is 3. The molecule has 0 N–H and O–H groups in total. The zero-order valence-electron chi connectivity index (χ0n) is 8.37. The highest BCUT2D eigenvalue weighted by molar-refractivity contribution is 5.87. The molecule has 0 fully saturated rings. The first-order chi connectivity index (χ1) is 5.99. The summed E-state index contributed by atoms with van der Waals surface area (Å²) < 4.78 is 4.62. The van der Waals surface area contributed by atoms with Gasteiger partial charge in [0.2, 0.25) is 0 Å². The molecule has 0 radical (unpaired) electrons. The van der Waals surface area contributed by atoms with E-state index in [0.717, 1.165) is 6.08 Å². The fourth-order valence-corrected chi connectivity index (χ4v) is 0.704. The molecule has 1 unspecified atom stereocenters. The van der Waals surface area contributed by atoms with Gasteiger partial charge in [0.15, 0.2) is 12.4 Å². The smallest absolute Gasteiger partial charge is 0.330 e. The zero-order valence-corrected chi connectivity index (χ0v) is 8.37. The van der Waals surface area contributed by atoms with Gasteiger partial charge >= 0.3 is 5.97 Å². The number of carbonyl (C=O) groups is 2. The lowest BCUT2D eigenvalue weighted by Gasteiger charge is -2.13. The van der Waals surface area contributed by atoms with E-state index >= 15 is 0 Å². The molecule has 0 aliphatic carbocycles. The summed E-state index contributed by atoms with van der Waals surface area (Å²) in [4.78, 5) is 21.9. The van der Waals surface area contributed by atoms with Gasteiger partial charge in [-0.2, -0.15) is 0 Å². The summed E-state index contributed by atoms with van der Waals surface area (Å²) in [6, 6.07) is 0. The second kappa shape index (κ2) is 5.51. The standard InChI is InChI=1S/C10H16O3/c1-5-10(12)13-6-9(11)8(4)7(2)3/h5,7-8H,1,6H2,2-4H3. The summed E-state index contributed by atoms with van der Waals surface area (Å²) in [6.07, 6.45) is 1.05. The topological polar surface area (TPSA) is 43.4 Å². The highest BCUT2D eigenvalue weighted by Gasteiger charge is 2.17. The van der Waals surface area contributed by atoms with Gasteiger partial charge < -0.3 is 4.74 Å². The second-order valence-corrected chi connectivity index (χ2v) is 3.31. The minimum atomic E-state index is -0.552. The Morgan fingerprint density at radius 3 is 2.31 bits per heavy atom. The Morgan fingerprint density at radius 1 is 1.38 bits per heavy atom. The lowest BCUT2D eigenvalue weighted by molar-refractivity contribution is -0.144. The molecule has 0 aliphatic rings. The number of carbonyl (C=O) groups excluding carboxylic acids is 2. The van der Waals surface area contributed by atoms with Crippen LogP contribution in [0.5, 0.6) is 0 Å². The van der Waals surface area contributed by atoms with E-state index in [4.69, 9.17) is 0 Å². The molecule has 0 aliphatic heterocycles. The summed E-state index contributed by atoms with van der Waals surface area (Å²) in [5.74, 6) is -0.401. The number of ether oxygens (including phenoxy) is 1. The molecule has 3 heteroatoms. The molecule has 0 aromatic carbocycles. The molecular weight excluding hydrogens is 168 g/mol. The van der Waals surface area contributed by atoms with Crippen LogP contribution in [0.25, 0.3) is 0 Å². The first-order valence-electron chi connectivity index (χ1n) is 4.31. The third kappa shape index (κ3) is 4.45. The summed E-state index contributed by atoms with van der Waals surface area (Å²) in [5, 5.41) is 0. The van der Waals surface area contributed by atoms with Gasteiger partial charge in [-0.3, -0.25) is 4.79 Å². The summed E-state index contributed by atoms with van der Waals surface area (Å²) in [5.41, 5.74) is 0. The number of ketones is 1. The van der Waals surface area contributed by atoms with E-state index in [1.165, 1.54) is 0 Å². The Bertz CT molecular complexity index is 206. The third-order valence-electron chi connectivity index (χ3n) is 2.03. The van der Waals surface area contributed by atoms with Crippen LogP contribution in [-0.2, 0) is 14.3 Å². The normalized spacial score (nSPS) is 12.3. The van der Waals surface area contributed by atoms with Crippen LogP contribution in [0.3, 0.4) is 0 Å². The van der Waals surface area contributed by atoms with E-state index in [1.54, 1.807) is 0 Å². The van der Waals surface area contributed by atoms with E-state index < -0.39 is 5.97 Å². The van der Waals surface area contributed by atoms with E-state index in [2.05, 4.69) is 11.3 Å². The SMILES string of the molecule is C=CC(=O)OCC(=O)C(C)C(C)C. The molecule has 0 amide bonds. The maximum atomic E-state index is 11.3. The van der Waals surface area contributed by atoms with Crippen molar-refractivity contribution in [2.75, 3.05) is 6.61 Å². The van der Waals surface area contributed by atoms with Crippen LogP contribution in [0.4, 0.5) is 0 Å². The van der Waals surface area contributed by atoms with Crippen molar-refractivity contribution >= 4 is 11.8 Å². The molecule has 0 bridgehead atoms. The molecule has 74 valence electrons. The van der Waals surface area contributed by atoms with Crippen molar-refractivity contribution < 1.29 is 14.3 Å². The van der Waals surface area contributed by atoms with Crippen molar-refractivity contribution in [1.82, 2.24) is 0 Å². The van der Waals surface area contributed by atoms with Crippen molar-refractivity contribution in [2.24, 2.45) is 11.8 Å². The molecule has 0 aromatic rings. The van der Waals surface area contributed by atoms with Gasteiger partial charge in [-0.25, -0.2) is 4.79 Å². The van der Waals surface area contributed by atoms with Gasteiger partial charge in [0.1, 0.15) is 0 Å². The number of hydrogen-bond donors (Lipinski definition) is 0. The Balaban J connectivity index is 3.87. The second-order valence-electron chi connectivity index (χ2n) is 3.31.